The molecule has 0 fully saturated rings. The van der Waals surface area contributed by atoms with Gasteiger partial charge in [-0.05, 0) is 100 Å². The minimum Gasteiger partial charge on any atom is -0.490 e. The molecule has 0 saturated carbocycles. The van der Waals surface area contributed by atoms with Crippen LogP contribution in [0, 0.1) is 6.92 Å². The van der Waals surface area contributed by atoms with Crippen LogP contribution in [0.4, 0.5) is 11.6 Å². The van der Waals surface area contributed by atoms with Crippen LogP contribution in [-0.4, -0.2) is 32.7 Å². The van der Waals surface area contributed by atoms with Crippen LogP contribution in [0.15, 0.2) is 76.4 Å². The Morgan fingerprint density at radius 1 is 1.13 bits per heavy atom. The molecule has 1 atom stereocenters. The van der Waals surface area contributed by atoms with Crippen LogP contribution in [0.2, 0.25) is 5.02 Å². The number of allylic oxidation sites excluding steroid dienone is 1. The summed E-state index contributed by atoms with van der Waals surface area (Å²) < 4.78 is 14.4. The number of nitrogens with zero attached hydrogens (tertiary/aromatic N) is 4. The first-order valence-corrected chi connectivity index (χ1v) is 13.5. The predicted molar refractivity (Wildman–Crippen MR) is 153 cm³/mol. The summed E-state index contributed by atoms with van der Waals surface area (Å²) in [5, 5.41) is 18.9. The van der Waals surface area contributed by atoms with Crippen molar-refractivity contribution in [1.82, 2.24) is 20.2 Å². The first kappa shape index (κ1) is 26.7. The Labute approximate surface area is 239 Å². The molecule has 1 unspecified atom stereocenters. The summed E-state index contributed by atoms with van der Waals surface area (Å²) in [5.41, 5.74) is 4.56. The first-order chi connectivity index (χ1) is 18.8. The largest absolute Gasteiger partial charge is 0.490 e. The fraction of sp³-hybridized carbons (Fsp3) is 0.214. The van der Waals surface area contributed by atoms with E-state index in [1.165, 1.54) is 0 Å². The van der Waals surface area contributed by atoms with E-state index < -0.39 is 6.04 Å². The minimum absolute atomic E-state index is 0.270. The molecule has 5 rings (SSSR count). The molecule has 2 heterocycles. The highest BCUT2D eigenvalue weighted by Crippen LogP contribution is 2.43. The van der Waals surface area contributed by atoms with E-state index in [0.717, 1.165) is 16.7 Å². The molecule has 0 radical (unpaired) electrons. The molecule has 4 aromatic rings. The van der Waals surface area contributed by atoms with Gasteiger partial charge in [-0.1, -0.05) is 41.0 Å². The van der Waals surface area contributed by atoms with Crippen LogP contribution < -0.4 is 20.1 Å². The van der Waals surface area contributed by atoms with Gasteiger partial charge in [0.05, 0.1) is 16.7 Å². The molecule has 1 aliphatic rings. The first-order valence-electron chi connectivity index (χ1n) is 12.3. The van der Waals surface area contributed by atoms with Gasteiger partial charge in [0, 0.05) is 16.4 Å². The van der Waals surface area contributed by atoms with Crippen molar-refractivity contribution < 1.29 is 14.3 Å². The highest BCUT2D eigenvalue weighted by atomic mass is 79.9. The van der Waals surface area contributed by atoms with E-state index in [9.17, 15) is 4.79 Å². The number of ether oxygens (including phenoxy) is 2. The van der Waals surface area contributed by atoms with Gasteiger partial charge in [0.15, 0.2) is 11.5 Å². The topological polar surface area (TPSA) is 103 Å². The zero-order chi connectivity index (χ0) is 27.5. The third-order valence-corrected chi connectivity index (χ3v) is 7.02. The van der Waals surface area contributed by atoms with Gasteiger partial charge in [-0.15, -0.1) is 0 Å². The fourth-order valence-electron chi connectivity index (χ4n) is 4.42. The fourth-order valence-corrected chi connectivity index (χ4v) is 5.12. The second-order valence-corrected chi connectivity index (χ2v) is 10.3. The van der Waals surface area contributed by atoms with Crippen LogP contribution in [0.1, 0.15) is 36.6 Å². The molecule has 0 aliphatic carbocycles. The van der Waals surface area contributed by atoms with Crippen molar-refractivity contribution in [3.05, 3.63) is 98.1 Å². The SMILES string of the molecule is CCOc1cc(C2C(C(=O)Nc3cccc(C)c3)=C(C)Nc3nnnn32)cc(Br)c1OCc1ccc(Cl)cc1. The Morgan fingerprint density at radius 3 is 2.67 bits per heavy atom. The van der Waals surface area contributed by atoms with Crippen molar-refractivity contribution in [1.29, 1.82) is 0 Å². The molecule has 1 amide bonds. The molecule has 39 heavy (non-hydrogen) atoms. The second-order valence-electron chi connectivity index (χ2n) is 9.02. The lowest BCUT2D eigenvalue weighted by atomic mass is 9.94. The molecule has 1 aliphatic heterocycles. The monoisotopic (exact) mass is 608 g/mol. The zero-order valence-electron chi connectivity index (χ0n) is 21.5. The lowest BCUT2D eigenvalue weighted by Gasteiger charge is -2.28. The minimum atomic E-state index is -0.623. The van der Waals surface area contributed by atoms with E-state index in [-0.39, 0.29) is 5.91 Å². The number of halogens is 2. The summed E-state index contributed by atoms with van der Waals surface area (Å²) in [6.07, 6.45) is 0. The molecule has 1 aromatic heterocycles. The number of rotatable bonds is 8. The number of aromatic nitrogens is 4. The maximum atomic E-state index is 13.7. The molecular formula is C28H26BrClN6O3. The van der Waals surface area contributed by atoms with Crippen LogP contribution in [0.3, 0.4) is 0 Å². The van der Waals surface area contributed by atoms with E-state index in [1.54, 1.807) is 4.68 Å². The van der Waals surface area contributed by atoms with E-state index in [2.05, 4.69) is 42.1 Å². The van der Waals surface area contributed by atoms with Crippen molar-refractivity contribution in [2.45, 2.75) is 33.4 Å². The number of hydrogen-bond donors (Lipinski definition) is 2. The van der Waals surface area contributed by atoms with E-state index >= 15 is 0 Å². The lowest BCUT2D eigenvalue weighted by molar-refractivity contribution is -0.113. The zero-order valence-corrected chi connectivity index (χ0v) is 23.9. The summed E-state index contributed by atoms with van der Waals surface area (Å²) >= 11 is 9.68. The Morgan fingerprint density at radius 2 is 1.92 bits per heavy atom. The lowest BCUT2D eigenvalue weighted by Crippen LogP contribution is -2.31. The highest BCUT2D eigenvalue weighted by molar-refractivity contribution is 9.10. The number of carbonyl (C=O) groups excluding carboxylic acids is 1. The summed E-state index contributed by atoms with van der Waals surface area (Å²) in [6.45, 7) is 6.45. The molecule has 11 heteroatoms. The second kappa shape index (κ2) is 11.5. The van der Waals surface area contributed by atoms with Crippen LogP contribution in [0.25, 0.3) is 0 Å². The molecule has 9 nitrogen and oxygen atoms in total. The predicted octanol–water partition coefficient (Wildman–Crippen LogP) is 6.30. The number of amides is 1. The van der Waals surface area contributed by atoms with Gasteiger partial charge in [0.2, 0.25) is 5.95 Å². The summed E-state index contributed by atoms with van der Waals surface area (Å²) in [5.74, 6) is 1.24. The molecule has 0 saturated heterocycles. The Hall–Kier alpha value is -3.89. The van der Waals surface area contributed by atoms with Crippen molar-refractivity contribution in [2.24, 2.45) is 0 Å². The van der Waals surface area contributed by atoms with Gasteiger partial charge in [-0.25, -0.2) is 0 Å². The maximum absolute atomic E-state index is 13.7. The molecular weight excluding hydrogens is 584 g/mol. The molecule has 2 N–H and O–H groups in total. The van der Waals surface area contributed by atoms with Gasteiger partial charge in [0.25, 0.3) is 5.91 Å². The van der Waals surface area contributed by atoms with Gasteiger partial charge in [-0.3, -0.25) is 4.79 Å². The van der Waals surface area contributed by atoms with E-state index in [0.29, 0.717) is 57.1 Å². The summed E-state index contributed by atoms with van der Waals surface area (Å²) in [7, 11) is 0. The smallest absolute Gasteiger partial charge is 0.255 e. The standard InChI is InChI=1S/C28H26BrClN6O3/c1-4-38-23-14-19(13-22(29)26(23)39-15-18-8-10-20(30)11-9-18)25-24(17(3)31-28-33-34-35-36(25)28)27(37)32-21-7-5-6-16(2)12-21/h5-14,25H,4,15H2,1-3H3,(H,32,37)(H,31,33,35). The average molecular weight is 610 g/mol. The number of carbonyl (C=O) groups is 1. The molecule has 3 aromatic carbocycles. The van der Waals surface area contributed by atoms with Gasteiger partial charge < -0.3 is 20.1 Å². The highest BCUT2D eigenvalue weighted by Gasteiger charge is 2.35. The Kier molecular flexibility index (Phi) is 7.85. The summed E-state index contributed by atoms with van der Waals surface area (Å²) in [4.78, 5) is 13.7. The van der Waals surface area contributed by atoms with Crippen molar-refractivity contribution in [3.63, 3.8) is 0 Å². The number of tetrazole rings is 1. The number of nitrogens with one attached hydrogen (secondary N) is 2. The van der Waals surface area contributed by atoms with Gasteiger partial charge in [0.1, 0.15) is 12.6 Å². The number of aryl methyl sites for hydroxylation is 1. The van der Waals surface area contributed by atoms with E-state index in [1.807, 2.05) is 81.4 Å². The molecule has 0 spiro atoms. The molecule has 0 bridgehead atoms. The van der Waals surface area contributed by atoms with Crippen molar-refractivity contribution >= 4 is 45.1 Å². The van der Waals surface area contributed by atoms with Crippen molar-refractivity contribution in [2.75, 3.05) is 17.2 Å². The number of anilines is 2. The Bertz CT molecular complexity index is 1550. The number of hydrogen-bond acceptors (Lipinski definition) is 7. The third kappa shape index (κ3) is 5.76. The third-order valence-electron chi connectivity index (χ3n) is 6.18. The van der Waals surface area contributed by atoms with Crippen LogP contribution in [0.5, 0.6) is 11.5 Å². The van der Waals surface area contributed by atoms with Gasteiger partial charge in [-0.2, -0.15) is 4.68 Å². The number of benzene rings is 3. The Balaban J connectivity index is 1.52. The van der Waals surface area contributed by atoms with Gasteiger partial charge >= 0.3 is 0 Å². The summed E-state index contributed by atoms with van der Waals surface area (Å²) in [6, 6.07) is 18.2. The maximum Gasteiger partial charge on any atom is 0.255 e. The van der Waals surface area contributed by atoms with Crippen LogP contribution in [-0.2, 0) is 11.4 Å². The average Bonchev–Trinajstić information content (AvgIpc) is 3.36. The quantitative estimate of drug-likeness (QED) is 0.242. The van der Waals surface area contributed by atoms with Crippen LogP contribution >= 0.6 is 27.5 Å². The number of fused-ring (bicyclic) bond motifs is 1. The molecule has 200 valence electrons. The normalized spacial score (nSPS) is 14.4. The van der Waals surface area contributed by atoms with Crippen molar-refractivity contribution in [3.8, 4) is 11.5 Å². The van der Waals surface area contributed by atoms with E-state index in [4.69, 9.17) is 21.1 Å².